The predicted octanol–water partition coefficient (Wildman–Crippen LogP) is 3.57. The molecule has 1 nitrogen and oxygen atoms in total. The fourth-order valence-electron chi connectivity index (χ4n) is 1.94. The Bertz CT molecular complexity index is 411. The van der Waals surface area contributed by atoms with Gasteiger partial charge in [-0.15, -0.1) is 0 Å². The van der Waals surface area contributed by atoms with Gasteiger partial charge in [-0.3, -0.25) is 0 Å². The zero-order valence-corrected chi connectivity index (χ0v) is 9.26. The molecule has 0 unspecified atom stereocenters. The van der Waals surface area contributed by atoms with Crippen LogP contribution in [0.2, 0.25) is 0 Å². The zero-order chi connectivity index (χ0) is 11.2. The number of aryl methyl sites for hydroxylation is 2. The highest BCUT2D eigenvalue weighted by molar-refractivity contribution is 5.30. The second-order valence-electron chi connectivity index (χ2n) is 3.96. The number of fused-ring (bicyclic) bond motifs is 1. The Balaban J connectivity index is 0.000000125. The van der Waals surface area contributed by atoms with Crippen LogP contribution < -0.4 is 0 Å². The molecule has 82 valence electrons. The molecule has 1 N–H and O–H groups in total. The molecule has 0 heterocycles. The molecule has 0 fully saturated rings. The molecule has 0 bridgehead atoms. The molecule has 2 aromatic rings. The van der Waals surface area contributed by atoms with Crippen LogP contribution in [-0.2, 0) is 12.8 Å². The monoisotopic (exact) mass is 212 g/mol. The zero-order valence-electron chi connectivity index (χ0n) is 9.26. The summed E-state index contributed by atoms with van der Waals surface area (Å²) in [6.07, 6.45) is 3.96. The lowest BCUT2D eigenvalue weighted by atomic mass is 10.1. The van der Waals surface area contributed by atoms with Crippen molar-refractivity contribution in [2.75, 3.05) is 0 Å². The quantitative estimate of drug-likeness (QED) is 0.707. The Morgan fingerprint density at radius 2 is 1.19 bits per heavy atom. The van der Waals surface area contributed by atoms with Crippen molar-refractivity contribution < 1.29 is 5.11 Å². The van der Waals surface area contributed by atoms with Crippen LogP contribution in [0.5, 0.6) is 5.75 Å². The first kappa shape index (κ1) is 10.7. The molecule has 1 aliphatic carbocycles. The minimum atomic E-state index is 0.322. The number of rotatable bonds is 0. The first-order chi connectivity index (χ1) is 7.86. The molecule has 0 saturated heterocycles. The average molecular weight is 212 g/mol. The van der Waals surface area contributed by atoms with Crippen molar-refractivity contribution in [2.24, 2.45) is 0 Å². The Morgan fingerprint density at radius 1 is 0.688 bits per heavy atom. The molecule has 1 aliphatic rings. The number of aromatic hydroxyl groups is 1. The molecule has 1 heteroatoms. The molecule has 0 saturated carbocycles. The normalized spacial score (nSPS) is 12.5. The van der Waals surface area contributed by atoms with Crippen LogP contribution in [0.1, 0.15) is 17.5 Å². The van der Waals surface area contributed by atoms with Gasteiger partial charge in [-0.2, -0.15) is 0 Å². The van der Waals surface area contributed by atoms with Gasteiger partial charge in [-0.05, 0) is 42.5 Å². The van der Waals surface area contributed by atoms with Crippen molar-refractivity contribution in [3.8, 4) is 5.75 Å². The van der Waals surface area contributed by atoms with E-state index < -0.39 is 0 Å². The topological polar surface area (TPSA) is 20.2 Å². The number of hydrogen-bond acceptors (Lipinski definition) is 1. The predicted molar refractivity (Wildman–Crippen MR) is 66.6 cm³/mol. The lowest BCUT2D eigenvalue weighted by molar-refractivity contribution is 0.475. The van der Waals surface area contributed by atoms with Gasteiger partial charge in [0.2, 0.25) is 0 Å². The van der Waals surface area contributed by atoms with Gasteiger partial charge in [0, 0.05) is 0 Å². The molecule has 0 spiro atoms. The second-order valence-corrected chi connectivity index (χ2v) is 3.96. The molecule has 0 radical (unpaired) electrons. The third-order valence-electron chi connectivity index (χ3n) is 2.77. The number of phenols is 1. The van der Waals surface area contributed by atoms with E-state index in [1.807, 2.05) is 6.07 Å². The number of phenolic OH excluding ortho intramolecular Hbond substituents is 1. The average Bonchev–Trinajstić information content (AvgIpc) is 2.79. The third-order valence-corrected chi connectivity index (χ3v) is 2.77. The smallest absolute Gasteiger partial charge is 0.115 e. The van der Waals surface area contributed by atoms with Crippen LogP contribution in [0.4, 0.5) is 0 Å². The van der Waals surface area contributed by atoms with Crippen molar-refractivity contribution in [1.29, 1.82) is 0 Å². The fraction of sp³-hybridized carbons (Fsp3) is 0.200. The van der Waals surface area contributed by atoms with E-state index in [0.717, 1.165) is 0 Å². The summed E-state index contributed by atoms with van der Waals surface area (Å²) in [5.74, 6) is 0.322. The van der Waals surface area contributed by atoms with Crippen molar-refractivity contribution in [3.63, 3.8) is 0 Å². The van der Waals surface area contributed by atoms with Crippen molar-refractivity contribution in [3.05, 3.63) is 65.7 Å². The lowest BCUT2D eigenvalue weighted by Gasteiger charge is -1.93. The van der Waals surface area contributed by atoms with Gasteiger partial charge < -0.3 is 5.11 Å². The van der Waals surface area contributed by atoms with E-state index in [4.69, 9.17) is 5.11 Å². The van der Waals surface area contributed by atoms with E-state index in [2.05, 4.69) is 24.3 Å². The van der Waals surface area contributed by atoms with Gasteiger partial charge in [0.25, 0.3) is 0 Å². The largest absolute Gasteiger partial charge is 0.508 e. The summed E-state index contributed by atoms with van der Waals surface area (Å²) in [6.45, 7) is 0. The summed E-state index contributed by atoms with van der Waals surface area (Å²) in [6, 6.07) is 17.4. The SMILES string of the molecule is Oc1ccccc1.c1ccc2c(c1)CCC2. The van der Waals surface area contributed by atoms with Gasteiger partial charge in [0.15, 0.2) is 0 Å². The molecule has 0 aliphatic heterocycles. The number of para-hydroxylation sites is 1. The molecular weight excluding hydrogens is 196 g/mol. The summed E-state index contributed by atoms with van der Waals surface area (Å²) in [7, 11) is 0. The van der Waals surface area contributed by atoms with Gasteiger partial charge in [-0.25, -0.2) is 0 Å². The second kappa shape index (κ2) is 5.36. The van der Waals surface area contributed by atoms with Crippen LogP contribution in [0.25, 0.3) is 0 Å². The summed E-state index contributed by atoms with van der Waals surface area (Å²) in [5.41, 5.74) is 3.13. The Hall–Kier alpha value is -1.76. The molecular formula is C15H16O. The highest BCUT2D eigenvalue weighted by Gasteiger charge is 2.07. The Labute approximate surface area is 96.4 Å². The van der Waals surface area contributed by atoms with Crippen molar-refractivity contribution >= 4 is 0 Å². The Kier molecular flexibility index (Phi) is 3.60. The summed E-state index contributed by atoms with van der Waals surface area (Å²) < 4.78 is 0. The van der Waals surface area contributed by atoms with Gasteiger partial charge in [-0.1, -0.05) is 42.5 Å². The summed E-state index contributed by atoms with van der Waals surface area (Å²) >= 11 is 0. The van der Waals surface area contributed by atoms with Crippen molar-refractivity contribution in [1.82, 2.24) is 0 Å². The maximum absolute atomic E-state index is 8.63. The van der Waals surface area contributed by atoms with Crippen LogP contribution in [0, 0.1) is 0 Å². The van der Waals surface area contributed by atoms with Crippen molar-refractivity contribution in [2.45, 2.75) is 19.3 Å². The lowest BCUT2D eigenvalue weighted by Crippen LogP contribution is -1.77. The van der Waals surface area contributed by atoms with E-state index in [1.165, 1.54) is 19.3 Å². The molecule has 0 amide bonds. The minimum Gasteiger partial charge on any atom is -0.508 e. The maximum Gasteiger partial charge on any atom is 0.115 e. The number of hydrogen-bond donors (Lipinski definition) is 1. The third kappa shape index (κ3) is 2.86. The minimum absolute atomic E-state index is 0.322. The van der Waals surface area contributed by atoms with E-state index in [9.17, 15) is 0 Å². The molecule has 2 aromatic carbocycles. The van der Waals surface area contributed by atoms with Crippen LogP contribution in [0.3, 0.4) is 0 Å². The molecule has 3 rings (SSSR count). The molecule has 0 aromatic heterocycles. The van der Waals surface area contributed by atoms with Crippen LogP contribution in [-0.4, -0.2) is 5.11 Å². The Morgan fingerprint density at radius 3 is 1.62 bits per heavy atom. The van der Waals surface area contributed by atoms with E-state index in [-0.39, 0.29) is 0 Å². The maximum atomic E-state index is 8.63. The van der Waals surface area contributed by atoms with Gasteiger partial charge >= 0.3 is 0 Å². The number of benzene rings is 2. The molecule has 0 atom stereocenters. The van der Waals surface area contributed by atoms with Crippen LogP contribution in [0.15, 0.2) is 54.6 Å². The summed E-state index contributed by atoms with van der Waals surface area (Å²) in [4.78, 5) is 0. The summed E-state index contributed by atoms with van der Waals surface area (Å²) in [5, 5.41) is 8.63. The van der Waals surface area contributed by atoms with Gasteiger partial charge in [0.05, 0.1) is 0 Å². The van der Waals surface area contributed by atoms with E-state index in [1.54, 1.807) is 35.4 Å². The first-order valence-electron chi connectivity index (χ1n) is 5.67. The highest BCUT2D eigenvalue weighted by atomic mass is 16.3. The fourth-order valence-corrected chi connectivity index (χ4v) is 1.94. The van der Waals surface area contributed by atoms with E-state index in [0.29, 0.717) is 5.75 Å². The molecule has 16 heavy (non-hydrogen) atoms. The van der Waals surface area contributed by atoms with Crippen LogP contribution >= 0.6 is 0 Å². The highest BCUT2D eigenvalue weighted by Crippen LogP contribution is 2.20. The standard InChI is InChI=1S/C9H10.C6H6O/c1-2-5-9-7-3-6-8(9)4-1;7-6-4-2-1-3-5-6/h1-2,4-5H,3,6-7H2;1-5,7H. The van der Waals surface area contributed by atoms with E-state index >= 15 is 0 Å². The first-order valence-corrected chi connectivity index (χ1v) is 5.67. The van der Waals surface area contributed by atoms with Gasteiger partial charge in [0.1, 0.15) is 5.75 Å².